The van der Waals surface area contributed by atoms with Gasteiger partial charge in [-0.3, -0.25) is 9.69 Å². The van der Waals surface area contributed by atoms with Crippen molar-refractivity contribution >= 4 is 5.91 Å². The minimum Gasteiger partial charge on any atom is -0.454 e. The largest absolute Gasteiger partial charge is 0.454 e. The molecule has 136 valence electrons. The Hall–Kier alpha value is -2.60. The molecule has 1 fully saturated rings. The highest BCUT2D eigenvalue weighted by molar-refractivity contribution is 5.94. The molecule has 0 unspecified atom stereocenters. The SMILES string of the molecule is O=C(NC[C@H](c1ccc2c(c1)OCO2)N1CCCC1)c1ccccc1F. The molecule has 5 nitrogen and oxygen atoms in total. The normalized spacial score (nSPS) is 17.3. The summed E-state index contributed by atoms with van der Waals surface area (Å²) >= 11 is 0. The Morgan fingerprint density at radius 1 is 1.12 bits per heavy atom. The zero-order chi connectivity index (χ0) is 17.9. The highest BCUT2D eigenvalue weighted by atomic mass is 19.1. The number of carbonyl (C=O) groups excluding carboxylic acids is 1. The predicted molar refractivity (Wildman–Crippen MR) is 94.8 cm³/mol. The van der Waals surface area contributed by atoms with E-state index in [2.05, 4.69) is 10.2 Å². The van der Waals surface area contributed by atoms with Crippen molar-refractivity contribution in [2.45, 2.75) is 18.9 Å². The van der Waals surface area contributed by atoms with Gasteiger partial charge in [-0.1, -0.05) is 18.2 Å². The standard InChI is InChI=1S/C20H21FN2O3/c21-16-6-2-1-5-15(16)20(24)22-12-17(23-9-3-4-10-23)14-7-8-18-19(11-14)26-13-25-18/h1-2,5-8,11,17H,3-4,9-10,12-13H2,(H,22,24)/t17-/m1/s1. The Kier molecular flexibility index (Phi) is 4.75. The van der Waals surface area contributed by atoms with E-state index >= 15 is 0 Å². The third kappa shape index (κ3) is 3.37. The molecule has 0 spiro atoms. The van der Waals surface area contributed by atoms with Crippen molar-refractivity contribution in [2.24, 2.45) is 0 Å². The first-order valence-electron chi connectivity index (χ1n) is 8.89. The van der Waals surface area contributed by atoms with Crippen molar-refractivity contribution in [3.8, 4) is 11.5 Å². The topological polar surface area (TPSA) is 50.8 Å². The van der Waals surface area contributed by atoms with Crippen LogP contribution in [0.1, 0.15) is 34.8 Å². The second-order valence-electron chi connectivity index (χ2n) is 6.56. The lowest BCUT2D eigenvalue weighted by Gasteiger charge is -2.28. The Labute approximate surface area is 151 Å². The predicted octanol–water partition coefficient (Wildman–Crippen LogP) is 3.12. The lowest BCUT2D eigenvalue weighted by atomic mass is 10.0. The molecule has 2 aliphatic heterocycles. The van der Waals surface area contributed by atoms with Gasteiger partial charge in [-0.25, -0.2) is 4.39 Å². The molecule has 0 aromatic heterocycles. The molecule has 0 radical (unpaired) electrons. The van der Waals surface area contributed by atoms with E-state index in [-0.39, 0.29) is 18.4 Å². The number of halogens is 1. The summed E-state index contributed by atoms with van der Waals surface area (Å²) in [6, 6.07) is 11.9. The van der Waals surface area contributed by atoms with Crippen LogP contribution in [-0.4, -0.2) is 37.2 Å². The van der Waals surface area contributed by atoms with E-state index in [9.17, 15) is 9.18 Å². The number of fused-ring (bicyclic) bond motifs is 1. The first-order valence-corrected chi connectivity index (χ1v) is 8.89. The fraction of sp³-hybridized carbons (Fsp3) is 0.350. The van der Waals surface area contributed by atoms with Crippen molar-refractivity contribution in [1.29, 1.82) is 0 Å². The van der Waals surface area contributed by atoms with E-state index in [1.807, 2.05) is 18.2 Å². The number of likely N-dealkylation sites (tertiary alicyclic amines) is 1. The molecule has 1 atom stereocenters. The Balaban J connectivity index is 1.52. The van der Waals surface area contributed by atoms with Gasteiger partial charge in [0.1, 0.15) is 5.82 Å². The first-order chi connectivity index (χ1) is 12.7. The summed E-state index contributed by atoms with van der Waals surface area (Å²) in [5.74, 6) is 0.565. The van der Waals surface area contributed by atoms with Gasteiger partial charge in [-0.05, 0) is 55.8 Å². The molecule has 0 aliphatic carbocycles. The molecule has 1 saturated heterocycles. The highest BCUT2D eigenvalue weighted by Crippen LogP contribution is 2.36. The second-order valence-corrected chi connectivity index (χ2v) is 6.56. The summed E-state index contributed by atoms with van der Waals surface area (Å²) in [5.41, 5.74) is 1.13. The Bertz CT molecular complexity index is 805. The fourth-order valence-electron chi connectivity index (χ4n) is 3.56. The van der Waals surface area contributed by atoms with Gasteiger partial charge in [0.05, 0.1) is 11.6 Å². The molecule has 26 heavy (non-hydrogen) atoms. The van der Waals surface area contributed by atoms with Crippen molar-refractivity contribution in [2.75, 3.05) is 26.4 Å². The van der Waals surface area contributed by atoms with Crippen LogP contribution in [0.25, 0.3) is 0 Å². The molecule has 1 N–H and O–H groups in total. The number of nitrogens with one attached hydrogen (secondary N) is 1. The summed E-state index contributed by atoms with van der Waals surface area (Å²) < 4.78 is 24.7. The number of rotatable bonds is 5. The number of carbonyl (C=O) groups is 1. The molecule has 6 heteroatoms. The Morgan fingerprint density at radius 2 is 1.88 bits per heavy atom. The van der Waals surface area contributed by atoms with Crippen molar-refractivity contribution in [3.05, 3.63) is 59.4 Å². The summed E-state index contributed by atoms with van der Waals surface area (Å²) in [7, 11) is 0. The van der Waals surface area contributed by atoms with E-state index in [0.717, 1.165) is 43.0 Å². The van der Waals surface area contributed by atoms with Gasteiger partial charge in [0.2, 0.25) is 6.79 Å². The zero-order valence-electron chi connectivity index (χ0n) is 14.4. The summed E-state index contributed by atoms with van der Waals surface area (Å²) in [6.07, 6.45) is 2.28. The summed E-state index contributed by atoms with van der Waals surface area (Å²) in [6.45, 7) is 2.60. The molecule has 1 amide bonds. The van der Waals surface area contributed by atoms with E-state index in [4.69, 9.17) is 9.47 Å². The molecular weight excluding hydrogens is 335 g/mol. The lowest BCUT2D eigenvalue weighted by molar-refractivity contribution is 0.0934. The van der Waals surface area contributed by atoms with E-state index in [1.165, 1.54) is 12.1 Å². The minimum atomic E-state index is -0.509. The van der Waals surface area contributed by atoms with Crippen molar-refractivity contribution < 1.29 is 18.7 Å². The number of nitrogens with zero attached hydrogens (tertiary/aromatic N) is 1. The Morgan fingerprint density at radius 3 is 2.69 bits per heavy atom. The molecule has 4 rings (SSSR count). The summed E-state index contributed by atoms with van der Waals surface area (Å²) in [5, 5.41) is 2.89. The van der Waals surface area contributed by atoms with Gasteiger partial charge in [0.15, 0.2) is 11.5 Å². The maximum atomic E-state index is 13.8. The van der Waals surface area contributed by atoms with Crippen molar-refractivity contribution in [1.82, 2.24) is 10.2 Å². The third-order valence-corrected chi connectivity index (χ3v) is 4.94. The van der Waals surface area contributed by atoms with Crippen LogP contribution < -0.4 is 14.8 Å². The van der Waals surface area contributed by atoms with Gasteiger partial charge >= 0.3 is 0 Å². The number of benzene rings is 2. The molecule has 0 saturated carbocycles. The quantitative estimate of drug-likeness (QED) is 0.894. The molecule has 2 aromatic carbocycles. The fourth-order valence-corrected chi connectivity index (χ4v) is 3.56. The van der Waals surface area contributed by atoms with Crippen LogP contribution in [0.5, 0.6) is 11.5 Å². The second kappa shape index (κ2) is 7.33. The molecular formula is C20H21FN2O3. The van der Waals surface area contributed by atoms with Crippen LogP contribution in [0, 0.1) is 5.82 Å². The zero-order valence-corrected chi connectivity index (χ0v) is 14.4. The first kappa shape index (κ1) is 16.8. The molecule has 2 aromatic rings. The molecule has 2 heterocycles. The number of amides is 1. The van der Waals surface area contributed by atoms with E-state index in [0.29, 0.717) is 6.54 Å². The number of hydrogen-bond donors (Lipinski definition) is 1. The molecule has 0 bridgehead atoms. The maximum absolute atomic E-state index is 13.8. The average molecular weight is 356 g/mol. The average Bonchev–Trinajstić information content (AvgIpc) is 3.33. The minimum absolute atomic E-state index is 0.0164. The highest BCUT2D eigenvalue weighted by Gasteiger charge is 2.26. The van der Waals surface area contributed by atoms with Gasteiger partial charge in [-0.15, -0.1) is 0 Å². The number of ether oxygens (including phenoxy) is 2. The molecule has 2 aliphatic rings. The summed E-state index contributed by atoms with van der Waals surface area (Å²) in [4.78, 5) is 14.7. The van der Waals surface area contributed by atoms with Gasteiger partial charge in [0.25, 0.3) is 5.91 Å². The third-order valence-electron chi connectivity index (χ3n) is 4.94. The van der Waals surface area contributed by atoms with Crippen LogP contribution in [0.15, 0.2) is 42.5 Å². The number of hydrogen-bond acceptors (Lipinski definition) is 4. The van der Waals surface area contributed by atoms with E-state index < -0.39 is 11.7 Å². The lowest BCUT2D eigenvalue weighted by Crippen LogP contribution is -2.37. The maximum Gasteiger partial charge on any atom is 0.254 e. The van der Waals surface area contributed by atoms with Gasteiger partial charge in [0, 0.05) is 6.54 Å². The van der Waals surface area contributed by atoms with Gasteiger partial charge < -0.3 is 14.8 Å². The van der Waals surface area contributed by atoms with Gasteiger partial charge in [-0.2, -0.15) is 0 Å². The van der Waals surface area contributed by atoms with Crippen LogP contribution in [-0.2, 0) is 0 Å². The van der Waals surface area contributed by atoms with Crippen LogP contribution in [0.2, 0.25) is 0 Å². The monoisotopic (exact) mass is 356 g/mol. The van der Waals surface area contributed by atoms with E-state index in [1.54, 1.807) is 12.1 Å². The smallest absolute Gasteiger partial charge is 0.254 e. The van der Waals surface area contributed by atoms with Crippen LogP contribution >= 0.6 is 0 Å². The van der Waals surface area contributed by atoms with Crippen LogP contribution in [0.4, 0.5) is 4.39 Å². The van der Waals surface area contributed by atoms with Crippen LogP contribution in [0.3, 0.4) is 0 Å². The van der Waals surface area contributed by atoms with Crippen molar-refractivity contribution in [3.63, 3.8) is 0 Å².